The molecule has 3 heterocycles. The summed E-state index contributed by atoms with van der Waals surface area (Å²) in [4.78, 5) is 15.6. The van der Waals surface area contributed by atoms with Gasteiger partial charge < -0.3 is 24.1 Å². The molecule has 0 saturated carbocycles. The molecule has 3 aromatic rings. The molecule has 0 spiro atoms. The van der Waals surface area contributed by atoms with Crippen LogP contribution in [0.3, 0.4) is 0 Å². The highest BCUT2D eigenvalue weighted by molar-refractivity contribution is 6.34. The van der Waals surface area contributed by atoms with Crippen LogP contribution in [0.4, 0.5) is 11.4 Å². The number of anilines is 2. The first-order valence-electron chi connectivity index (χ1n) is 11.6. The van der Waals surface area contributed by atoms with E-state index in [-0.39, 0.29) is 18.5 Å². The summed E-state index contributed by atoms with van der Waals surface area (Å²) < 4.78 is 16.4. The van der Waals surface area contributed by atoms with Crippen molar-refractivity contribution < 1.29 is 18.7 Å². The molecular formula is C26H27ClN4O4. The molecule has 2 aliphatic rings. The average Bonchev–Trinajstić information content (AvgIpc) is 3.58. The first-order valence-corrected chi connectivity index (χ1v) is 11.9. The third-order valence-electron chi connectivity index (χ3n) is 6.20. The predicted molar refractivity (Wildman–Crippen MR) is 135 cm³/mol. The molecule has 35 heavy (non-hydrogen) atoms. The van der Waals surface area contributed by atoms with Gasteiger partial charge in [0.2, 0.25) is 0 Å². The number of halogens is 1. The van der Waals surface area contributed by atoms with Crippen molar-refractivity contribution in [3.05, 3.63) is 77.2 Å². The van der Waals surface area contributed by atoms with E-state index in [9.17, 15) is 4.79 Å². The number of benzene rings is 2. The smallest absolute Gasteiger partial charge is 0.262 e. The van der Waals surface area contributed by atoms with Crippen molar-refractivity contribution in [3.63, 3.8) is 0 Å². The monoisotopic (exact) mass is 494 g/mol. The predicted octanol–water partition coefficient (Wildman–Crippen LogP) is 4.57. The fourth-order valence-electron chi connectivity index (χ4n) is 4.42. The number of hydrazone groups is 1. The van der Waals surface area contributed by atoms with Crippen molar-refractivity contribution >= 4 is 34.6 Å². The summed E-state index contributed by atoms with van der Waals surface area (Å²) in [6, 6.07) is 16.7. The Kier molecular flexibility index (Phi) is 6.92. The van der Waals surface area contributed by atoms with E-state index in [0.717, 1.165) is 41.5 Å². The summed E-state index contributed by atoms with van der Waals surface area (Å²) >= 11 is 6.54. The van der Waals surface area contributed by atoms with Crippen molar-refractivity contribution in [1.82, 2.24) is 5.01 Å². The molecule has 0 bridgehead atoms. The van der Waals surface area contributed by atoms with E-state index in [1.807, 2.05) is 54.6 Å². The number of ether oxygens (including phenoxy) is 2. The number of rotatable bonds is 7. The maximum Gasteiger partial charge on any atom is 0.262 e. The van der Waals surface area contributed by atoms with Crippen LogP contribution in [0, 0.1) is 0 Å². The van der Waals surface area contributed by atoms with Gasteiger partial charge in [0.1, 0.15) is 17.6 Å². The third kappa shape index (κ3) is 4.99. The number of nitrogens with one attached hydrogen (secondary N) is 1. The minimum absolute atomic E-state index is 0.0638. The van der Waals surface area contributed by atoms with Crippen LogP contribution in [-0.2, 0) is 9.53 Å². The van der Waals surface area contributed by atoms with Crippen molar-refractivity contribution in [2.24, 2.45) is 5.10 Å². The second kappa shape index (κ2) is 10.4. The van der Waals surface area contributed by atoms with Gasteiger partial charge in [-0.1, -0.05) is 17.7 Å². The molecule has 2 aromatic carbocycles. The third-order valence-corrected chi connectivity index (χ3v) is 6.51. The highest BCUT2D eigenvalue weighted by Gasteiger charge is 2.34. The molecule has 1 saturated heterocycles. The summed E-state index contributed by atoms with van der Waals surface area (Å²) in [5.41, 5.74) is 3.45. The number of carbonyl (C=O) groups excluding carboxylic acids is 1. The molecule has 1 aromatic heterocycles. The Morgan fingerprint density at radius 2 is 1.94 bits per heavy atom. The van der Waals surface area contributed by atoms with Crippen LogP contribution in [0.5, 0.6) is 5.75 Å². The minimum Gasteiger partial charge on any atom is -0.497 e. The lowest BCUT2D eigenvalue weighted by molar-refractivity contribution is -0.131. The molecule has 0 radical (unpaired) electrons. The Morgan fingerprint density at radius 3 is 2.66 bits per heavy atom. The summed E-state index contributed by atoms with van der Waals surface area (Å²) in [7, 11) is 1.63. The average molecular weight is 495 g/mol. The normalized spacial score (nSPS) is 17.9. The quantitative estimate of drug-likeness (QED) is 0.518. The van der Waals surface area contributed by atoms with Crippen LogP contribution >= 0.6 is 11.6 Å². The van der Waals surface area contributed by atoms with Gasteiger partial charge >= 0.3 is 0 Å². The van der Waals surface area contributed by atoms with E-state index in [4.69, 9.17) is 30.6 Å². The van der Waals surface area contributed by atoms with Crippen molar-refractivity contribution in [2.45, 2.75) is 12.5 Å². The largest absolute Gasteiger partial charge is 0.497 e. The van der Waals surface area contributed by atoms with Gasteiger partial charge in [0.15, 0.2) is 0 Å². The lowest BCUT2D eigenvalue weighted by Gasteiger charge is -2.31. The standard InChI is InChI=1S/C26H27ClN4O4/c1-33-19-9-7-18(8-10-19)22-16-23(24-6-3-13-35-24)31(29-22)25(32)17-28-21-5-2-4-20(27)26(21)30-11-14-34-15-12-30/h2-10,13,23,28H,11-12,14-17H2,1H3/t23-/m0/s1. The van der Waals surface area contributed by atoms with E-state index >= 15 is 0 Å². The van der Waals surface area contributed by atoms with E-state index < -0.39 is 0 Å². The van der Waals surface area contributed by atoms with Gasteiger partial charge in [0.25, 0.3) is 5.91 Å². The summed E-state index contributed by atoms with van der Waals surface area (Å²) in [5, 5.41) is 10.1. The second-order valence-electron chi connectivity index (χ2n) is 8.34. The molecule has 182 valence electrons. The molecule has 1 atom stereocenters. The first kappa shape index (κ1) is 23.3. The molecule has 9 heteroatoms. The Balaban J connectivity index is 1.36. The maximum atomic E-state index is 13.4. The molecule has 1 N–H and O–H groups in total. The Bertz CT molecular complexity index is 1190. The fourth-order valence-corrected chi connectivity index (χ4v) is 4.71. The van der Waals surface area contributed by atoms with Crippen LogP contribution < -0.4 is 15.0 Å². The molecule has 0 aliphatic carbocycles. The van der Waals surface area contributed by atoms with Crippen LogP contribution in [0.1, 0.15) is 23.8 Å². The van der Waals surface area contributed by atoms with E-state index in [0.29, 0.717) is 30.4 Å². The zero-order valence-corrected chi connectivity index (χ0v) is 20.2. The number of methoxy groups -OCH3 is 1. The fraction of sp³-hybridized carbons (Fsp3) is 0.308. The number of amides is 1. The van der Waals surface area contributed by atoms with Crippen LogP contribution in [-0.4, -0.2) is 56.6 Å². The molecule has 0 unspecified atom stereocenters. The Hall–Kier alpha value is -3.49. The number of furan rings is 1. The molecule has 1 amide bonds. The number of nitrogens with zero attached hydrogens (tertiary/aromatic N) is 3. The van der Waals surface area contributed by atoms with Crippen LogP contribution in [0.15, 0.2) is 70.4 Å². The molecule has 5 rings (SSSR count). The lowest BCUT2D eigenvalue weighted by Crippen LogP contribution is -2.37. The number of para-hydroxylation sites is 1. The lowest BCUT2D eigenvalue weighted by atomic mass is 10.0. The van der Waals surface area contributed by atoms with Gasteiger partial charge in [-0.25, -0.2) is 5.01 Å². The summed E-state index contributed by atoms with van der Waals surface area (Å²) in [6.45, 7) is 2.84. The van der Waals surface area contributed by atoms with E-state index in [1.165, 1.54) is 5.01 Å². The van der Waals surface area contributed by atoms with Crippen molar-refractivity contribution in [3.8, 4) is 5.75 Å². The first-order chi connectivity index (χ1) is 17.1. The highest BCUT2D eigenvalue weighted by atomic mass is 35.5. The number of hydrogen-bond donors (Lipinski definition) is 1. The number of hydrogen-bond acceptors (Lipinski definition) is 7. The van der Waals surface area contributed by atoms with Gasteiger partial charge in [-0.15, -0.1) is 0 Å². The van der Waals surface area contributed by atoms with Gasteiger partial charge in [-0.3, -0.25) is 4.79 Å². The van der Waals surface area contributed by atoms with Gasteiger partial charge in [-0.05, 0) is 54.1 Å². The highest BCUT2D eigenvalue weighted by Crippen LogP contribution is 2.36. The molecular weight excluding hydrogens is 468 g/mol. The van der Waals surface area contributed by atoms with Crippen molar-refractivity contribution in [2.75, 3.05) is 50.2 Å². The van der Waals surface area contributed by atoms with Crippen molar-refractivity contribution in [1.29, 1.82) is 0 Å². The molecule has 8 nitrogen and oxygen atoms in total. The van der Waals surface area contributed by atoms with E-state index in [1.54, 1.807) is 13.4 Å². The zero-order chi connectivity index (χ0) is 24.2. The van der Waals surface area contributed by atoms with Gasteiger partial charge in [-0.2, -0.15) is 5.10 Å². The minimum atomic E-state index is -0.311. The van der Waals surface area contributed by atoms with Gasteiger partial charge in [0, 0.05) is 19.5 Å². The number of carbonyl (C=O) groups is 1. The summed E-state index contributed by atoms with van der Waals surface area (Å²) in [6.07, 6.45) is 2.17. The van der Waals surface area contributed by atoms with E-state index in [2.05, 4.69) is 10.2 Å². The molecule has 1 fully saturated rings. The number of morpholine rings is 1. The van der Waals surface area contributed by atoms with Gasteiger partial charge in [0.05, 0.1) is 55.2 Å². The topological polar surface area (TPSA) is 79.5 Å². The Labute approximate surface area is 209 Å². The molecule has 2 aliphatic heterocycles. The summed E-state index contributed by atoms with van der Waals surface area (Å²) in [5.74, 6) is 1.30. The van der Waals surface area contributed by atoms with Crippen LogP contribution in [0.25, 0.3) is 0 Å². The Morgan fingerprint density at radius 1 is 1.14 bits per heavy atom. The zero-order valence-electron chi connectivity index (χ0n) is 19.4. The second-order valence-corrected chi connectivity index (χ2v) is 8.75. The maximum absolute atomic E-state index is 13.4. The SMILES string of the molecule is COc1ccc(C2=NN(C(=O)CNc3cccc(Cl)c3N3CCOCC3)[C@H](c3ccco3)C2)cc1. The van der Waals surface area contributed by atoms with Crippen LogP contribution in [0.2, 0.25) is 5.02 Å².